The van der Waals surface area contributed by atoms with Gasteiger partial charge < -0.3 is 15.7 Å². The Hall–Kier alpha value is -1.26. The number of rotatable bonds is 6. The van der Waals surface area contributed by atoms with Crippen molar-refractivity contribution in [2.75, 3.05) is 13.1 Å². The Morgan fingerprint density at radius 2 is 1.94 bits per heavy atom. The lowest BCUT2D eigenvalue weighted by molar-refractivity contribution is 0.194. The van der Waals surface area contributed by atoms with Crippen molar-refractivity contribution < 1.29 is 9.90 Å². The second-order valence-corrected chi connectivity index (χ2v) is 3.83. The third-order valence-electron chi connectivity index (χ3n) is 2.05. The van der Waals surface area contributed by atoms with Crippen LogP contribution in [0.1, 0.15) is 12.0 Å². The first-order chi connectivity index (χ1) is 7.68. The maximum absolute atomic E-state index is 10.1. The van der Waals surface area contributed by atoms with Gasteiger partial charge in [0.15, 0.2) is 0 Å². The lowest BCUT2D eigenvalue weighted by atomic mass is 10.2. The van der Waals surface area contributed by atoms with Crippen LogP contribution in [0.25, 0.3) is 0 Å². The van der Waals surface area contributed by atoms with E-state index in [0.29, 0.717) is 6.54 Å². The third kappa shape index (κ3) is 5.58. The number of halogens is 1. The summed E-state index contributed by atoms with van der Waals surface area (Å²) in [4.78, 5) is 10.1. The predicted octanol–water partition coefficient (Wildman–Crippen LogP) is 2.09. The zero-order valence-corrected chi connectivity index (χ0v) is 9.63. The first-order valence-electron chi connectivity index (χ1n) is 5.10. The molecule has 1 aromatic rings. The summed E-state index contributed by atoms with van der Waals surface area (Å²) < 4.78 is 0. The van der Waals surface area contributed by atoms with E-state index in [0.717, 1.165) is 30.1 Å². The van der Waals surface area contributed by atoms with Gasteiger partial charge in [0.05, 0.1) is 0 Å². The molecule has 0 bridgehead atoms. The van der Waals surface area contributed by atoms with Crippen molar-refractivity contribution in [1.82, 2.24) is 10.6 Å². The maximum atomic E-state index is 10.1. The number of carboxylic acid groups (broad SMARTS) is 1. The average Bonchev–Trinajstić information content (AvgIpc) is 2.25. The molecule has 1 aromatic carbocycles. The van der Waals surface area contributed by atoms with Crippen LogP contribution in [0.15, 0.2) is 24.3 Å². The van der Waals surface area contributed by atoms with E-state index in [2.05, 4.69) is 10.6 Å². The van der Waals surface area contributed by atoms with Gasteiger partial charge in [-0.2, -0.15) is 0 Å². The average molecular weight is 243 g/mol. The minimum Gasteiger partial charge on any atom is -0.465 e. The Labute approximate surface area is 99.6 Å². The predicted molar refractivity (Wildman–Crippen MR) is 63.8 cm³/mol. The highest BCUT2D eigenvalue weighted by Gasteiger charge is 1.94. The van der Waals surface area contributed by atoms with Gasteiger partial charge in [-0.15, -0.1) is 0 Å². The molecular weight excluding hydrogens is 228 g/mol. The molecule has 0 fully saturated rings. The lowest BCUT2D eigenvalue weighted by Crippen LogP contribution is -2.25. The van der Waals surface area contributed by atoms with Crippen LogP contribution in [0, 0.1) is 0 Å². The normalized spacial score (nSPS) is 10.1. The molecule has 16 heavy (non-hydrogen) atoms. The zero-order valence-electron chi connectivity index (χ0n) is 8.87. The van der Waals surface area contributed by atoms with Crippen molar-refractivity contribution in [2.24, 2.45) is 0 Å². The van der Waals surface area contributed by atoms with Crippen LogP contribution in [0.2, 0.25) is 5.02 Å². The fourth-order valence-corrected chi connectivity index (χ4v) is 1.37. The summed E-state index contributed by atoms with van der Waals surface area (Å²) in [6.45, 7) is 2.02. The van der Waals surface area contributed by atoms with Crippen molar-refractivity contribution in [1.29, 1.82) is 0 Å². The summed E-state index contributed by atoms with van der Waals surface area (Å²) in [6.07, 6.45) is -0.197. The molecule has 0 atom stereocenters. The molecule has 88 valence electrons. The van der Waals surface area contributed by atoms with Crippen LogP contribution >= 0.6 is 11.6 Å². The van der Waals surface area contributed by atoms with Gasteiger partial charge >= 0.3 is 6.09 Å². The van der Waals surface area contributed by atoms with Gasteiger partial charge in [-0.3, -0.25) is 0 Å². The van der Waals surface area contributed by atoms with Gasteiger partial charge in [0.1, 0.15) is 0 Å². The Morgan fingerprint density at radius 1 is 1.25 bits per heavy atom. The van der Waals surface area contributed by atoms with Gasteiger partial charge in [0.25, 0.3) is 0 Å². The van der Waals surface area contributed by atoms with E-state index in [-0.39, 0.29) is 0 Å². The topological polar surface area (TPSA) is 61.4 Å². The largest absolute Gasteiger partial charge is 0.465 e. The van der Waals surface area contributed by atoms with Crippen LogP contribution < -0.4 is 10.6 Å². The van der Waals surface area contributed by atoms with Gasteiger partial charge in [0.2, 0.25) is 0 Å². The number of hydrogen-bond donors (Lipinski definition) is 3. The molecule has 0 radical (unpaired) electrons. The first kappa shape index (κ1) is 12.8. The van der Waals surface area contributed by atoms with E-state index in [9.17, 15) is 4.79 Å². The fraction of sp³-hybridized carbons (Fsp3) is 0.364. The Kier molecular flexibility index (Phi) is 5.67. The van der Waals surface area contributed by atoms with Crippen LogP contribution in [0.4, 0.5) is 4.79 Å². The molecule has 0 aliphatic rings. The van der Waals surface area contributed by atoms with Gasteiger partial charge in [-0.1, -0.05) is 23.7 Å². The van der Waals surface area contributed by atoms with Crippen molar-refractivity contribution in [2.45, 2.75) is 13.0 Å². The monoisotopic (exact) mass is 242 g/mol. The molecule has 0 aliphatic heterocycles. The lowest BCUT2D eigenvalue weighted by Gasteiger charge is -2.05. The molecule has 4 nitrogen and oxygen atoms in total. The number of amides is 1. The van der Waals surface area contributed by atoms with Crippen molar-refractivity contribution >= 4 is 17.7 Å². The smallest absolute Gasteiger partial charge is 0.404 e. The summed E-state index contributed by atoms with van der Waals surface area (Å²) in [5.74, 6) is 0. The molecule has 5 heteroatoms. The molecule has 1 amide bonds. The van der Waals surface area contributed by atoms with Crippen LogP contribution in [0.5, 0.6) is 0 Å². The van der Waals surface area contributed by atoms with E-state index >= 15 is 0 Å². The fourth-order valence-electron chi connectivity index (χ4n) is 1.24. The van der Waals surface area contributed by atoms with E-state index in [4.69, 9.17) is 16.7 Å². The molecule has 0 saturated carbocycles. The second-order valence-electron chi connectivity index (χ2n) is 3.39. The number of nitrogens with one attached hydrogen (secondary N) is 2. The molecule has 0 unspecified atom stereocenters. The Morgan fingerprint density at radius 3 is 2.56 bits per heavy atom. The van der Waals surface area contributed by atoms with Crippen LogP contribution in [0.3, 0.4) is 0 Å². The molecule has 0 heterocycles. The van der Waals surface area contributed by atoms with E-state index in [1.54, 1.807) is 0 Å². The SMILES string of the molecule is O=C(O)NCCCNCc1ccc(Cl)cc1. The van der Waals surface area contributed by atoms with Gasteiger partial charge in [-0.25, -0.2) is 4.79 Å². The summed E-state index contributed by atoms with van der Waals surface area (Å²) >= 11 is 5.76. The Balaban J connectivity index is 2.07. The molecule has 0 spiro atoms. The van der Waals surface area contributed by atoms with Crippen LogP contribution in [-0.2, 0) is 6.54 Å². The van der Waals surface area contributed by atoms with E-state index in [1.165, 1.54) is 0 Å². The Bertz CT molecular complexity index is 327. The van der Waals surface area contributed by atoms with Crippen LogP contribution in [-0.4, -0.2) is 24.3 Å². The molecule has 0 aliphatic carbocycles. The van der Waals surface area contributed by atoms with Gasteiger partial charge in [0, 0.05) is 18.1 Å². The van der Waals surface area contributed by atoms with Crippen molar-refractivity contribution in [3.05, 3.63) is 34.9 Å². The number of carbonyl (C=O) groups is 1. The highest BCUT2D eigenvalue weighted by atomic mass is 35.5. The molecule has 1 rings (SSSR count). The molecular formula is C11H15ClN2O2. The van der Waals surface area contributed by atoms with Crippen molar-refractivity contribution in [3.63, 3.8) is 0 Å². The van der Waals surface area contributed by atoms with E-state index in [1.807, 2.05) is 24.3 Å². The maximum Gasteiger partial charge on any atom is 0.404 e. The second kappa shape index (κ2) is 7.09. The number of hydrogen-bond acceptors (Lipinski definition) is 2. The molecule has 3 N–H and O–H groups in total. The quantitative estimate of drug-likeness (QED) is 0.670. The molecule has 0 aromatic heterocycles. The summed E-state index contributed by atoms with van der Waals surface area (Å²) in [7, 11) is 0. The summed E-state index contributed by atoms with van der Waals surface area (Å²) in [5.41, 5.74) is 1.16. The minimum atomic E-state index is -0.974. The third-order valence-corrected chi connectivity index (χ3v) is 2.30. The summed E-state index contributed by atoms with van der Waals surface area (Å²) in [5, 5.41) is 14.6. The highest BCUT2D eigenvalue weighted by Crippen LogP contribution is 2.08. The van der Waals surface area contributed by atoms with Crippen molar-refractivity contribution in [3.8, 4) is 0 Å². The van der Waals surface area contributed by atoms with Gasteiger partial charge in [-0.05, 0) is 30.7 Å². The standard InChI is InChI=1S/C11H15ClN2O2/c12-10-4-2-9(3-5-10)8-13-6-1-7-14-11(15)16/h2-5,13-14H,1,6-8H2,(H,15,16). The first-order valence-corrected chi connectivity index (χ1v) is 5.48. The van der Waals surface area contributed by atoms with E-state index < -0.39 is 6.09 Å². The summed E-state index contributed by atoms with van der Waals surface area (Å²) in [6, 6.07) is 7.63. The highest BCUT2D eigenvalue weighted by molar-refractivity contribution is 6.30. The number of benzene rings is 1. The zero-order chi connectivity index (χ0) is 11.8. The molecule has 0 saturated heterocycles. The minimum absolute atomic E-state index is 0.475.